The van der Waals surface area contributed by atoms with Crippen LogP contribution in [0.5, 0.6) is 17.2 Å². The Labute approximate surface area is 212 Å². The van der Waals surface area contributed by atoms with Crippen molar-refractivity contribution < 1.29 is 23.8 Å². The van der Waals surface area contributed by atoms with E-state index in [1.54, 1.807) is 43.2 Å². The first-order valence-electron chi connectivity index (χ1n) is 11.5. The van der Waals surface area contributed by atoms with Crippen LogP contribution < -0.4 is 14.9 Å². The van der Waals surface area contributed by atoms with Gasteiger partial charge in [-0.05, 0) is 66.9 Å². The molecule has 0 spiro atoms. The monoisotopic (exact) mass is 505 g/mol. The number of carbonyl (C=O) groups excluding carboxylic acids is 1. The van der Waals surface area contributed by atoms with Crippen LogP contribution >= 0.6 is 11.6 Å². The molecule has 1 aliphatic rings. The van der Waals surface area contributed by atoms with Gasteiger partial charge in [-0.2, -0.15) is 0 Å². The van der Waals surface area contributed by atoms with Gasteiger partial charge < -0.3 is 23.9 Å². The summed E-state index contributed by atoms with van der Waals surface area (Å²) in [7, 11) is 1.59. The van der Waals surface area contributed by atoms with Gasteiger partial charge in [0.05, 0.1) is 30.7 Å². The molecular formula is C28H24ClNO6. The molecule has 184 valence electrons. The van der Waals surface area contributed by atoms with Crippen molar-refractivity contribution in [3.8, 4) is 17.2 Å². The molecule has 0 radical (unpaired) electrons. The van der Waals surface area contributed by atoms with Crippen molar-refractivity contribution in [2.24, 2.45) is 0 Å². The average molecular weight is 506 g/mol. The van der Waals surface area contributed by atoms with Gasteiger partial charge in [0, 0.05) is 11.6 Å². The van der Waals surface area contributed by atoms with Crippen molar-refractivity contribution in [1.29, 1.82) is 0 Å². The van der Waals surface area contributed by atoms with Crippen molar-refractivity contribution in [3.63, 3.8) is 0 Å². The highest BCUT2D eigenvalue weighted by atomic mass is 35.5. The number of rotatable bonds is 6. The molecule has 0 unspecified atom stereocenters. The summed E-state index contributed by atoms with van der Waals surface area (Å²) in [5, 5.41) is 11.0. The van der Waals surface area contributed by atoms with Crippen molar-refractivity contribution >= 4 is 28.5 Å². The number of phenolic OH excluding ortho intramolecular Hbond substituents is 1. The molecule has 1 N–H and O–H groups in total. The van der Waals surface area contributed by atoms with Crippen LogP contribution in [0.25, 0.3) is 11.0 Å². The van der Waals surface area contributed by atoms with Crippen molar-refractivity contribution in [2.75, 3.05) is 13.7 Å². The molecule has 2 heterocycles. The van der Waals surface area contributed by atoms with Gasteiger partial charge in [-0.15, -0.1) is 0 Å². The van der Waals surface area contributed by atoms with Crippen molar-refractivity contribution in [3.05, 3.63) is 97.9 Å². The number of halogens is 1. The fourth-order valence-corrected chi connectivity index (χ4v) is 4.71. The molecule has 1 atom stereocenters. The fourth-order valence-electron chi connectivity index (χ4n) is 4.55. The summed E-state index contributed by atoms with van der Waals surface area (Å²) in [6.45, 7) is 4.18. The zero-order valence-electron chi connectivity index (χ0n) is 20.0. The third-order valence-electron chi connectivity index (χ3n) is 6.36. The van der Waals surface area contributed by atoms with Crippen LogP contribution in [0.1, 0.15) is 45.8 Å². The van der Waals surface area contributed by atoms with E-state index < -0.39 is 11.9 Å². The molecule has 1 amide bonds. The lowest BCUT2D eigenvalue weighted by Crippen LogP contribution is -2.29. The first kappa shape index (κ1) is 23.8. The minimum absolute atomic E-state index is 0.00114. The lowest BCUT2D eigenvalue weighted by Gasteiger charge is -2.26. The van der Waals surface area contributed by atoms with Crippen LogP contribution in [-0.2, 0) is 6.54 Å². The molecule has 0 saturated carbocycles. The maximum atomic E-state index is 13.8. The average Bonchev–Trinajstić information content (AvgIpc) is 3.14. The number of amides is 1. The Morgan fingerprint density at radius 1 is 1.08 bits per heavy atom. The number of hydrogen-bond acceptors (Lipinski definition) is 6. The summed E-state index contributed by atoms with van der Waals surface area (Å²) in [5.41, 5.74) is 2.41. The molecule has 8 heteroatoms. The quantitative estimate of drug-likeness (QED) is 0.366. The van der Waals surface area contributed by atoms with Crippen LogP contribution in [0.15, 0.2) is 63.8 Å². The molecule has 0 saturated heterocycles. The first-order chi connectivity index (χ1) is 17.3. The lowest BCUT2D eigenvalue weighted by atomic mass is 9.97. The smallest absolute Gasteiger partial charge is 0.291 e. The molecule has 0 bridgehead atoms. The molecule has 1 aromatic heterocycles. The third-order valence-corrected chi connectivity index (χ3v) is 6.77. The molecule has 7 nitrogen and oxygen atoms in total. The highest BCUT2D eigenvalue weighted by molar-refractivity contribution is 6.32. The number of methoxy groups -OCH3 is 1. The Balaban J connectivity index is 1.71. The van der Waals surface area contributed by atoms with E-state index in [0.29, 0.717) is 33.9 Å². The third kappa shape index (κ3) is 3.95. The second-order valence-corrected chi connectivity index (χ2v) is 9.02. The summed E-state index contributed by atoms with van der Waals surface area (Å²) < 4.78 is 16.9. The van der Waals surface area contributed by atoms with E-state index in [9.17, 15) is 14.7 Å². The standard InChI is InChI=1S/C28H24ClNO6/c1-4-35-23-12-17(7-10-21(23)31)25-24-26(32)19-13-20(29)15(2)11-22(19)36-27(24)28(33)30(25)14-16-5-8-18(34-3)9-6-16/h5-13,25,31H,4,14H2,1-3H3/t25-/m0/s1. The van der Waals surface area contributed by atoms with E-state index >= 15 is 0 Å². The minimum atomic E-state index is -0.755. The zero-order valence-corrected chi connectivity index (χ0v) is 20.8. The number of aryl methyl sites for hydroxylation is 1. The van der Waals surface area contributed by atoms with Crippen LogP contribution in [0.3, 0.4) is 0 Å². The normalized spacial score (nSPS) is 14.8. The van der Waals surface area contributed by atoms with E-state index in [1.165, 1.54) is 6.07 Å². The van der Waals surface area contributed by atoms with Crippen molar-refractivity contribution in [1.82, 2.24) is 4.90 Å². The number of fused-ring (bicyclic) bond motifs is 2. The van der Waals surface area contributed by atoms with Gasteiger partial charge in [0.25, 0.3) is 5.91 Å². The molecule has 36 heavy (non-hydrogen) atoms. The van der Waals surface area contributed by atoms with Gasteiger partial charge >= 0.3 is 0 Å². The zero-order chi connectivity index (χ0) is 25.6. The van der Waals surface area contributed by atoms with Crippen LogP contribution in [0, 0.1) is 6.92 Å². The van der Waals surface area contributed by atoms with Gasteiger partial charge in [0.2, 0.25) is 5.76 Å². The molecule has 1 aliphatic heterocycles. The number of benzene rings is 3. The van der Waals surface area contributed by atoms with Gasteiger partial charge in [0.1, 0.15) is 11.3 Å². The van der Waals surface area contributed by atoms with E-state index in [-0.39, 0.29) is 34.8 Å². The Morgan fingerprint density at radius 3 is 2.53 bits per heavy atom. The Morgan fingerprint density at radius 2 is 1.83 bits per heavy atom. The van der Waals surface area contributed by atoms with Gasteiger partial charge in [-0.1, -0.05) is 29.8 Å². The summed E-state index contributed by atoms with van der Waals surface area (Å²) in [5.74, 6) is 0.535. The second-order valence-electron chi connectivity index (χ2n) is 8.62. The molecule has 3 aromatic carbocycles. The molecule has 4 aromatic rings. The summed E-state index contributed by atoms with van der Waals surface area (Å²) in [6, 6.07) is 14.7. The van der Waals surface area contributed by atoms with Gasteiger partial charge in [-0.3, -0.25) is 9.59 Å². The predicted octanol–water partition coefficient (Wildman–Crippen LogP) is 5.61. The molecule has 0 aliphatic carbocycles. The SMILES string of the molecule is CCOc1cc([C@H]2c3c(oc4cc(C)c(Cl)cc4c3=O)C(=O)N2Cc2ccc(OC)cc2)ccc1O. The van der Waals surface area contributed by atoms with Crippen molar-refractivity contribution in [2.45, 2.75) is 26.4 Å². The second kappa shape index (κ2) is 9.24. The van der Waals surface area contributed by atoms with Crippen LogP contribution in [-0.4, -0.2) is 29.6 Å². The Hall–Kier alpha value is -3.97. The lowest BCUT2D eigenvalue weighted by molar-refractivity contribution is 0.0714. The molecule has 0 fully saturated rings. The number of phenols is 1. The number of hydrogen-bond donors (Lipinski definition) is 1. The number of ether oxygens (including phenoxy) is 2. The van der Waals surface area contributed by atoms with E-state index in [0.717, 1.165) is 11.1 Å². The highest BCUT2D eigenvalue weighted by Gasteiger charge is 2.43. The van der Waals surface area contributed by atoms with E-state index in [4.69, 9.17) is 25.5 Å². The molecular weight excluding hydrogens is 482 g/mol. The summed E-state index contributed by atoms with van der Waals surface area (Å²) in [6.07, 6.45) is 0. The maximum absolute atomic E-state index is 13.8. The van der Waals surface area contributed by atoms with E-state index in [1.807, 2.05) is 31.2 Å². The van der Waals surface area contributed by atoms with E-state index in [2.05, 4.69) is 0 Å². The fraction of sp³-hybridized carbons (Fsp3) is 0.214. The predicted molar refractivity (Wildman–Crippen MR) is 136 cm³/mol. The number of carbonyl (C=O) groups is 1. The number of aromatic hydroxyl groups is 1. The van der Waals surface area contributed by atoms with Crippen LogP contribution in [0.2, 0.25) is 5.02 Å². The largest absolute Gasteiger partial charge is 0.504 e. The summed E-state index contributed by atoms with van der Waals surface area (Å²) in [4.78, 5) is 29.1. The van der Waals surface area contributed by atoms with Gasteiger partial charge in [0.15, 0.2) is 16.9 Å². The Bertz CT molecular complexity index is 1540. The maximum Gasteiger partial charge on any atom is 0.291 e. The first-order valence-corrected chi connectivity index (χ1v) is 11.9. The number of nitrogens with zero attached hydrogens (tertiary/aromatic N) is 1. The minimum Gasteiger partial charge on any atom is -0.504 e. The van der Waals surface area contributed by atoms with Crippen LogP contribution in [0.4, 0.5) is 0 Å². The highest BCUT2D eigenvalue weighted by Crippen LogP contribution is 2.42. The molecule has 5 rings (SSSR count). The Kier molecular flexibility index (Phi) is 6.10. The van der Waals surface area contributed by atoms with Gasteiger partial charge in [-0.25, -0.2) is 0 Å². The topological polar surface area (TPSA) is 89.2 Å². The summed E-state index contributed by atoms with van der Waals surface area (Å²) >= 11 is 6.31.